The molecule has 1 fully saturated rings. The third-order valence-corrected chi connectivity index (χ3v) is 5.69. The van der Waals surface area contributed by atoms with E-state index in [-0.39, 0.29) is 17.9 Å². The zero-order valence-corrected chi connectivity index (χ0v) is 18.1. The molecule has 1 aliphatic heterocycles. The summed E-state index contributed by atoms with van der Waals surface area (Å²) in [5, 5.41) is 8.32. The lowest BCUT2D eigenvalue weighted by Gasteiger charge is -2.38. The Bertz CT molecular complexity index is 866. The van der Waals surface area contributed by atoms with Crippen molar-refractivity contribution in [2.75, 3.05) is 31.6 Å². The van der Waals surface area contributed by atoms with Gasteiger partial charge in [-0.1, -0.05) is 40.2 Å². The molecule has 0 aliphatic carbocycles. The van der Waals surface area contributed by atoms with Crippen molar-refractivity contribution in [2.45, 2.75) is 25.2 Å². The zero-order valence-electron chi connectivity index (χ0n) is 16.5. The molecule has 154 valence electrons. The van der Waals surface area contributed by atoms with Crippen LogP contribution in [0.2, 0.25) is 0 Å². The van der Waals surface area contributed by atoms with E-state index in [1.165, 1.54) is 5.56 Å². The Morgan fingerprint density at radius 3 is 2.55 bits per heavy atom. The quantitative estimate of drug-likeness (QED) is 0.615. The van der Waals surface area contributed by atoms with Gasteiger partial charge in [-0.3, -0.25) is 4.79 Å². The maximum Gasteiger partial charge on any atom is 0.319 e. The predicted molar refractivity (Wildman–Crippen MR) is 117 cm³/mol. The molecule has 3 N–H and O–H groups in total. The normalized spacial score (nSPS) is 15.4. The summed E-state index contributed by atoms with van der Waals surface area (Å²) in [6, 6.07) is 15.3. The standard InChI is InChI=1S/C22H26BrN3O3/c1-16-4-2-7-19(12-16)26-21(28)24-14-20(27)25-15-22(8-10-29-11-9-22)17-5-3-6-18(23)13-17/h2-7,12-13H,8-11,14-15H2,1H3,(H,25,27)(H2,24,26,28). The van der Waals surface area contributed by atoms with Gasteiger partial charge in [-0.05, 0) is 55.2 Å². The second kappa shape index (κ2) is 9.89. The smallest absolute Gasteiger partial charge is 0.319 e. The molecular formula is C22H26BrN3O3. The van der Waals surface area contributed by atoms with Crippen molar-refractivity contribution in [3.63, 3.8) is 0 Å². The lowest BCUT2D eigenvalue weighted by atomic mass is 9.74. The summed E-state index contributed by atoms with van der Waals surface area (Å²) < 4.78 is 6.55. The monoisotopic (exact) mass is 459 g/mol. The summed E-state index contributed by atoms with van der Waals surface area (Å²) in [6.45, 7) is 3.71. The number of amides is 3. The second-order valence-electron chi connectivity index (χ2n) is 7.36. The molecule has 2 aromatic carbocycles. The number of carbonyl (C=O) groups is 2. The third kappa shape index (κ3) is 6.05. The summed E-state index contributed by atoms with van der Waals surface area (Å²) in [5.41, 5.74) is 2.76. The molecule has 29 heavy (non-hydrogen) atoms. The van der Waals surface area contributed by atoms with Crippen LogP contribution in [0.1, 0.15) is 24.0 Å². The minimum Gasteiger partial charge on any atom is -0.381 e. The lowest BCUT2D eigenvalue weighted by molar-refractivity contribution is -0.120. The van der Waals surface area contributed by atoms with Crippen LogP contribution < -0.4 is 16.0 Å². The number of ether oxygens (including phenoxy) is 1. The van der Waals surface area contributed by atoms with Crippen LogP contribution in [0.25, 0.3) is 0 Å². The van der Waals surface area contributed by atoms with E-state index >= 15 is 0 Å². The van der Waals surface area contributed by atoms with E-state index < -0.39 is 6.03 Å². The highest BCUT2D eigenvalue weighted by molar-refractivity contribution is 9.10. The molecule has 3 rings (SSSR count). The van der Waals surface area contributed by atoms with Gasteiger partial charge in [-0.25, -0.2) is 4.79 Å². The van der Waals surface area contributed by atoms with Crippen LogP contribution in [0.5, 0.6) is 0 Å². The SMILES string of the molecule is Cc1cccc(NC(=O)NCC(=O)NCC2(c3cccc(Br)c3)CCOCC2)c1. The largest absolute Gasteiger partial charge is 0.381 e. The lowest BCUT2D eigenvalue weighted by Crippen LogP contribution is -2.47. The first kappa shape index (κ1) is 21.3. The topological polar surface area (TPSA) is 79.5 Å². The van der Waals surface area contributed by atoms with Crippen LogP contribution in [0.15, 0.2) is 53.0 Å². The number of urea groups is 1. The number of anilines is 1. The van der Waals surface area contributed by atoms with Crippen molar-refractivity contribution in [2.24, 2.45) is 0 Å². The number of benzene rings is 2. The molecule has 0 bridgehead atoms. The Kier molecular flexibility index (Phi) is 7.28. The minimum atomic E-state index is -0.404. The van der Waals surface area contributed by atoms with Crippen LogP contribution in [0, 0.1) is 6.92 Å². The fourth-order valence-electron chi connectivity index (χ4n) is 3.54. The van der Waals surface area contributed by atoms with E-state index in [4.69, 9.17) is 4.74 Å². The van der Waals surface area contributed by atoms with Crippen molar-refractivity contribution >= 4 is 33.6 Å². The number of hydrogen-bond donors (Lipinski definition) is 3. The second-order valence-corrected chi connectivity index (χ2v) is 8.27. The van der Waals surface area contributed by atoms with Gasteiger partial charge in [0.2, 0.25) is 5.91 Å². The molecule has 0 aromatic heterocycles. The van der Waals surface area contributed by atoms with Crippen LogP contribution >= 0.6 is 15.9 Å². The molecule has 1 aliphatic rings. The Hall–Kier alpha value is -2.38. The average Bonchev–Trinajstić information content (AvgIpc) is 2.71. The van der Waals surface area contributed by atoms with Crippen molar-refractivity contribution in [3.05, 3.63) is 64.1 Å². The number of aryl methyl sites for hydroxylation is 1. The number of hydrogen-bond acceptors (Lipinski definition) is 3. The summed E-state index contributed by atoms with van der Waals surface area (Å²) in [6.07, 6.45) is 1.68. The predicted octanol–water partition coefficient (Wildman–Crippen LogP) is 3.74. The summed E-state index contributed by atoms with van der Waals surface area (Å²) in [7, 11) is 0. The fraction of sp³-hybridized carbons (Fsp3) is 0.364. The van der Waals surface area contributed by atoms with Gasteiger partial charge < -0.3 is 20.7 Å². The maximum absolute atomic E-state index is 12.3. The van der Waals surface area contributed by atoms with Crippen molar-refractivity contribution in [1.29, 1.82) is 0 Å². The fourth-order valence-corrected chi connectivity index (χ4v) is 3.94. The first-order valence-electron chi connectivity index (χ1n) is 9.69. The number of halogens is 1. The number of carbonyl (C=O) groups excluding carboxylic acids is 2. The highest BCUT2D eigenvalue weighted by atomic mass is 79.9. The zero-order chi connectivity index (χ0) is 20.7. The van der Waals surface area contributed by atoms with E-state index in [2.05, 4.69) is 44.0 Å². The van der Waals surface area contributed by atoms with Crippen molar-refractivity contribution in [1.82, 2.24) is 10.6 Å². The van der Waals surface area contributed by atoms with Crippen LogP contribution in [-0.4, -0.2) is 38.2 Å². The van der Waals surface area contributed by atoms with Gasteiger partial charge in [-0.15, -0.1) is 0 Å². The number of rotatable bonds is 6. The highest BCUT2D eigenvalue weighted by Gasteiger charge is 2.35. The molecule has 0 spiro atoms. The van der Waals surface area contributed by atoms with E-state index in [9.17, 15) is 9.59 Å². The third-order valence-electron chi connectivity index (χ3n) is 5.20. The molecule has 1 saturated heterocycles. The van der Waals surface area contributed by atoms with Crippen LogP contribution in [0.3, 0.4) is 0 Å². The Morgan fingerprint density at radius 2 is 1.83 bits per heavy atom. The van der Waals surface area contributed by atoms with Gasteiger partial charge in [0.25, 0.3) is 0 Å². The van der Waals surface area contributed by atoms with Gasteiger partial charge in [0.15, 0.2) is 0 Å². The molecule has 2 aromatic rings. The van der Waals surface area contributed by atoms with E-state index in [1.807, 2.05) is 37.3 Å². The summed E-state index contributed by atoms with van der Waals surface area (Å²) in [4.78, 5) is 24.4. The molecule has 0 radical (unpaired) electrons. The molecule has 7 heteroatoms. The average molecular weight is 460 g/mol. The van der Waals surface area contributed by atoms with Gasteiger partial charge >= 0.3 is 6.03 Å². The maximum atomic E-state index is 12.3. The van der Waals surface area contributed by atoms with E-state index in [1.54, 1.807) is 6.07 Å². The molecule has 3 amide bonds. The molecular weight excluding hydrogens is 434 g/mol. The highest BCUT2D eigenvalue weighted by Crippen LogP contribution is 2.35. The summed E-state index contributed by atoms with van der Waals surface area (Å²) in [5.74, 6) is -0.217. The van der Waals surface area contributed by atoms with Gasteiger partial charge in [-0.2, -0.15) is 0 Å². The van der Waals surface area contributed by atoms with Crippen LogP contribution in [-0.2, 0) is 14.9 Å². The molecule has 0 atom stereocenters. The number of nitrogens with one attached hydrogen (secondary N) is 3. The molecule has 6 nitrogen and oxygen atoms in total. The van der Waals surface area contributed by atoms with Crippen molar-refractivity contribution < 1.29 is 14.3 Å². The van der Waals surface area contributed by atoms with Crippen molar-refractivity contribution in [3.8, 4) is 0 Å². The Balaban J connectivity index is 1.53. The minimum absolute atomic E-state index is 0.0806. The van der Waals surface area contributed by atoms with Gasteiger partial charge in [0.05, 0.1) is 6.54 Å². The Morgan fingerprint density at radius 1 is 1.07 bits per heavy atom. The van der Waals surface area contributed by atoms with Gasteiger partial charge in [0.1, 0.15) is 0 Å². The summed E-state index contributed by atoms with van der Waals surface area (Å²) >= 11 is 3.53. The van der Waals surface area contributed by atoms with Crippen LogP contribution in [0.4, 0.5) is 10.5 Å². The van der Waals surface area contributed by atoms with Gasteiger partial charge in [0, 0.05) is 35.3 Å². The first-order valence-corrected chi connectivity index (χ1v) is 10.5. The molecule has 0 saturated carbocycles. The van der Waals surface area contributed by atoms with E-state index in [0.29, 0.717) is 25.4 Å². The molecule has 0 unspecified atom stereocenters. The molecule has 1 heterocycles. The Labute approximate surface area is 179 Å². The van der Waals surface area contributed by atoms with E-state index in [0.717, 1.165) is 22.9 Å². The first-order chi connectivity index (χ1) is 14.0.